The van der Waals surface area contributed by atoms with Gasteiger partial charge in [-0.2, -0.15) is 0 Å². The number of methoxy groups -OCH3 is 3. The number of alkyl halides is 1. The molecule has 56 heavy (non-hydrogen) atoms. The maximum Gasteiger partial charge on any atom is 0.329 e. The van der Waals surface area contributed by atoms with E-state index < -0.39 is 77.8 Å². The number of hydrogen-bond acceptors (Lipinski definition) is 11. The molecule has 13 heteroatoms. The van der Waals surface area contributed by atoms with Gasteiger partial charge < -0.3 is 38.8 Å². The SMILES string of the molecule is CCC1C=C(C)CC(C)CC(OC)C2O[C@@](O)(C(=O)C(=O)N3CCCCC3C(=O)OC(C(C)=CC3CCC(Cl)C(OC)C3)C(C)C(O)CC1=O)C(C)CC2OC. The molecule has 4 aliphatic rings. The first kappa shape index (κ1) is 46.5. The molecule has 2 bridgehead atoms. The summed E-state index contributed by atoms with van der Waals surface area (Å²) in [4.78, 5) is 57.7. The van der Waals surface area contributed by atoms with Crippen molar-refractivity contribution in [3.05, 3.63) is 23.3 Å². The molecule has 318 valence electrons. The summed E-state index contributed by atoms with van der Waals surface area (Å²) in [5.41, 5.74) is 1.71. The Labute approximate surface area is 339 Å². The number of Topliss-reactive ketones (excluding diaryl/α,β-unsaturated/α-hetero) is 2. The number of fused-ring (bicyclic) bond motifs is 3. The molecule has 1 amide bonds. The zero-order chi connectivity index (χ0) is 41.5. The van der Waals surface area contributed by atoms with E-state index in [9.17, 15) is 29.4 Å². The highest BCUT2D eigenvalue weighted by Crippen LogP contribution is 2.39. The van der Waals surface area contributed by atoms with Crippen LogP contribution in [0.5, 0.6) is 0 Å². The van der Waals surface area contributed by atoms with Crippen LogP contribution in [-0.4, -0.2) is 120 Å². The van der Waals surface area contributed by atoms with Gasteiger partial charge in [0.2, 0.25) is 5.79 Å². The second-order valence-corrected chi connectivity index (χ2v) is 17.7. The second kappa shape index (κ2) is 20.7. The van der Waals surface area contributed by atoms with Crippen molar-refractivity contribution in [2.45, 2.75) is 166 Å². The fraction of sp³-hybridized carbons (Fsp3) is 0.814. The van der Waals surface area contributed by atoms with Crippen molar-refractivity contribution in [3.63, 3.8) is 0 Å². The van der Waals surface area contributed by atoms with Gasteiger partial charge >= 0.3 is 5.97 Å². The van der Waals surface area contributed by atoms with E-state index in [2.05, 4.69) is 6.92 Å². The summed E-state index contributed by atoms with van der Waals surface area (Å²) in [6.45, 7) is 11.3. The van der Waals surface area contributed by atoms with Gasteiger partial charge in [-0.15, -0.1) is 11.6 Å². The van der Waals surface area contributed by atoms with Crippen molar-refractivity contribution in [1.29, 1.82) is 0 Å². The highest BCUT2D eigenvalue weighted by Gasteiger charge is 2.56. The number of nitrogens with zero attached hydrogens (tertiary/aromatic N) is 1. The highest BCUT2D eigenvalue weighted by atomic mass is 35.5. The molecular weight excluding hydrogens is 742 g/mol. The Kier molecular flexibility index (Phi) is 17.2. The molecule has 2 N–H and O–H groups in total. The number of carbonyl (C=O) groups is 4. The summed E-state index contributed by atoms with van der Waals surface area (Å²) in [6, 6.07) is -1.12. The van der Waals surface area contributed by atoms with Crippen LogP contribution < -0.4 is 0 Å². The quantitative estimate of drug-likeness (QED) is 0.146. The van der Waals surface area contributed by atoms with Crippen molar-refractivity contribution < 1.29 is 53.1 Å². The molecule has 0 aromatic heterocycles. The molecule has 4 rings (SSSR count). The van der Waals surface area contributed by atoms with Crippen LogP contribution in [0.25, 0.3) is 0 Å². The standard InChI is InChI=1S/C43H68ClNO11/c1-10-30-18-24(2)17-25(3)19-36(53-8)39-37(54-9)21-27(5)43(51,56-39)40(48)41(49)45-16-12-11-13-32(45)42(50)55-38(28(6)33(46)23-34(30)47)26(4)20-29-14-15-31(44)35(22-29)52-7/h18,20,25,27-33,35-39,46,51H,10-17,19,21-23H2,1-9H3/t25?,27?,28?,29?,30?,31?,32?,33?,35?,36?,37?,38?,39?,43-/m1/s1. The van der Waals surface area contributed by atoms with Gasteiger partial charge in [-0.05, 0) is 95.5 Å². The number of ether oxygens (including phenoxy) is 5. The lowest BCUT2D eigenvalue weighted by atomic mass is 9.82. The molecule has 12 nitrogen and oxygen atoms in total. The second-order valence-electron chi connectivity index (χ2n) is 17.1. The number of halogens is 1. The summed E-state index contributed by atoms with van der Waals surface area (Å²) in [6.07, 6.45) is 5.16. The van der Waals surface area contributed by atoms with Crippen molar-refractivity contribution in [2.24, 2.45) is 29.6 Å². The zero-order valence-corrected chi connectivity index (χ0v) is 35.8. The number of piperidine rings is 1. The van der Waals surface area contributed by atoms with Crippen molar-refractivity contribution >= 4 is 35.0 Å². The van der Waals surface area contributed by atoms with Crippen LogP contribution in [0.3, 0.4) is 0 Å². The third kappa shape index (κ3) is 10.9. The first-order valence-electron chi connectivity index (χ1n) is 20.7. The fourth-order valence-corrected chi connectivity index (χ4v) is 9.69. The van der Waals surface area contributed by atoms with Gasteiger partial charge in [-0.1, -0.05) is 45.4 Å². The topological polar surface area (TPSA) is 158 Å². The molecule has 0 aromatic rings. The summed E-state index contributed by atoms with van der Waals surface area (Å²) in [5, 5.41) is 23.6. The largest absolute Gasteiger partial charge is 0.456 e. The minimum atomic E-state index is -2.49. The molecule has 1 aliphatic carbocycles. The maximum absolute atomic E-state index is 14.3. The molecule has 0 aromatic carbocycles. The van der Waals surface area contributed by atoms with Crippen LogP contribution in [0, 0.1) is 29.6 Å². The van der Waals surface area contributed by atoms with E-state index in [1.54, 1.807) is 21.0 Å². The number of ketones is 2. The minimum absolute atomic E-state index is 0.0425. The third-order valence-electron chi connectivity index (χ3n) is 12.8. The van der Waals surface area contributed by atoms with Gasteiger partial charge in [0.25, 0.3) is 11.7 Å². The van der Waals surface area contributed by atoms with E-state index in [1.165, 1.54) is 19.1 Å². The lowest BCUT2D eigenvalue weighted by Gasteiger charge is -2.47. The Morgan fingerprint density at radius 3 is 2.27 bits per heavy atom. The van der Waals surface area contributed by atoms with Crippen molar-refractivity contribution in [3.8, 4) is 0 Å². The Bertz CT molecular complexity index is 1440. The summed E-state index contributed by atoms with van der Waals surface area (Å²) in [7, 11) is 4.71. The van der Waals surface area contributed by atoms with Gasteiger partial charge in [0, 0.05) is 52.0 Å². The van der Waals surface area contributed by atoms with E-state index in [4.69, 9.17) is 35.3 Å². The van der Waals surface area contributed by atoms with Gasteiger partial charge in [-0.25, -0.2) is 4.79 Å². The number of aliphatic hydroxyl groups excluding tert-OH is 1. The monoisotopic (exact) mass is 809 g/mol. The predicted octanol–water partition coefficient (Wildman–Crippen LogP) is 5.72. The molecule has 2 saturated heterocycles. The number of amides is 1. The molecule has 3 aliphatic heterocycles. The van der Waals surface area contributed by atoms with Gasteiger partial charge in [0.1, 0.15) is 24.0 Å². The molecule has 14 atom stereocenters. The smallest absolute Gasteiger partial charge is 0.329 e. The number of allylic oxidation sites excluding steroid dienone is 3. The predicted molar refractivity (Wildman–Crippen MR) is 212 cm³/mol. The number of carbonyl (C=O) groups excluding carboxylic acids is 4. The van der Waals surface area contributed by atoms with E-state index in [1.807, 2.05) is 32.9 Å². The number of rotatable bonds is 6. The molecular formula is C43H68ClNO11. The van der Waals surface area contributed by atoms with Crippen LogP contribution in [-0.2, 0) is 42.9 Å². The lowest BCUT2D eigenvalue weighted by molar-refractivity contribution is -0.302. The molecule has 3 fully saturated rings. The zero-order valence-electron chi connectivity index (χ0n) is 35.0. The Hall–Kier alpha value is -2.19. The van der Waals surface area contributed by atoms with Gasteiger partial charge in [-0.3, -0.25) is 14.4 Å². The van der Waals surface area contributed by atoms with E-state index in [-0.39, 0.29) is 54.9 Å². The molecule has 0 radical (unpaired) electrons. The van der Waals surface area contributed by atoms with E-state index in [0.717, 1.165) is 18.4 Å². The van der Waals surface area contributed by atoms with E-state index >= 15 is 0 Å². The first-order valence-corrected chi connectivity index (χ1v) is 21.2. The van der Waals surface area contributed by atoms with Crippen LogP contribution in [0.4, 0.5) is 0 Å². The normalized spacial score (nSPS) is 40.6. The van der Waals surface area contributed by atoms with Crippen LogP contribution in [0.15, 0.2) is 23.3 Å². The first-order chi connectivity index (χ1) is 26.5. The maximum atomic E-state index is 14.3. The molecule has 1 saturated carbocycles. The van der Waals surface area contributed by atoms with Gasteiger partial charge in [0.15, 0.2) is 0 Å². The molecule has 13 unspecified atom stereocenters. The number of cyclic esters (lactones) is 1. The molecule has 3 heterocycles. The Morgan fingerprint density at radius 1 is 0.964 bits per heavy atom. The van der Waals surface area contributed by atoms with Crippen LogP contribution >= 0.6 is 11.6 Å². The fourth-order valence-electron chi connectivity index (χ4n) is 9.36. The van der Waals surface area contributed by atoms with Crippen molar-refractivity contribution in [2.75, 3.05) is 27.9 Å². The van der Waals surface area contributed by atoms with Crippen LogP contribution in [0.1, 0.15) is 112 Å². The number of esters is 1. The average molecular weight is 810 g/mol. The Morgan fingerprint density at radius 2 is 1.62 bits per heavy atom. The average Bonchev–Trinajstić information content (AvgIpc) is 3.18. The molecule has 0 spiro atoms. The van der Waals surface area contributed by atoms with Crippen molar-refractivity contribution in [1.82, 2.24) is 4.90 Å². The van der Waals surface area contributed by atoms with Gasteiger partial charge in [0.05, 0.1) is 29.8 Å². The highest BCUT2D eigenvalue weighted by molar-refractivity contribution is 6.39. The summed E-state index contributed by atoms with van der Waals surface area (Å²) >= 11 is 6.52. The minimum Gasteiger partial charge on any atom is -0.456 e. The van der Waals surface area contributed by atoms with E-state index in [0.29, 0.717) is 44.1 Å². The Balaban J connectivity index is 1.76. The summed E-state index contributed by atoms with van der Waals surface area (Å²) in [5.74, 6) is -7.31. The van der Waals surface area contributed by atoms with Crippen LogP contribution in [0.2, 0.25) is 0 Å². The lowest BCUT2D eigenvalue weighted by Crippen LogP contribution is -2.64. The number of aliphatic hydroxyl groups is 2. The third-order valence-corrected chi connectivity index (χ3v) is 13.3. The number of hydrogen-bond donors (Lipinski definition) is 2. The summed E-state index contributed by atoms with van der Waals surface area (Å²) < 4.78 is 29.9.